The van der Waals surface area contributed by atoms with Crippen LogP contribution in [-0.4, -0.2) is 7.11 Å². The van der Waals surface area contributed by atoms with Crippen LogP contribution in [-0.2, 0) is 6.54 Å². The zero-order valence-corrected chi connectivity index (χ0v) is 12.4. The number of nitriles is 1. The summed E-state index contributed by atoms with van der Waals surface area (Å²) in [5.41, 5.74) is 1.65. The molecule has 0 fully saturated rings. The standard InChI is InChI=1S/C15H12BrFN2O/c1-20-14-4-2-3-11(15(14)17)9-19-13-7-12(16)6-5-10(13)8-18/h2-7,19H,9H2,1H3. The van der Waals surface area contributed by atoms with Gasteiger partial charge in [-0.25, -0.2) is 4.39 Å². The summed E-state index contributed by atoms with van der Waals surface area (Å²) in [7, 11) is 1.43. The maximum absolute atomic E-state index is 14.0. The molecule has 0 heterocycles. The molecule has 0 radical (unpaired) electrons. The highest BCUT2D eigenvalue weighted by atomic mass is 79.9. The van der Waals surface area contributed by atoms with Crippen molar-refractivity contribution >= 4 is 21.6 Å². The minimum absolute atomic E-state index is 0.207. The van der Waals surface area contributed by atoms with Gasteiger partial charge in [-0.15, -0.1) is 0 Å². The summed E-state index contributed by atoms with van der Waals surface area (Å²) in [6.07, 6.45) is 0. The fourth-order valence-electron chi connectivity index (χ4n) is 1.80. The van der Waals surface area contributed by atoms with E-state index in [1.165, 1.54) is 7.11 Å². The summed E-state index contributed by atoms with van der Waals surface area (Å²) in [5.74, 6) is -0.185. The minimum Gasteiger partial charge on any atom is -0.494 e. The number of methoxy groups -OCH3 is 1. The Kier molecular flexibility index (Phi) is 4.59. The molecule has 0 amide bonds. The van der Waals surface area contributed by atoms with E-state index in [2.05, 4.69) is 27.3 Å². The summed E-state index contributed by atoms with van der Waals surface area (Å²) in [5, 5.41) is 12.1. The van der Waals surface area contributed by atoms with E-state index in [0.717, 1.165) is 4.47 Å². The average Bonchev–Trinajstić information content (AvgIpc) is 2.46. The predicted molar refractivity (Wildman–Crippen MR) is 79.1 cm³/mol. The Balaban J connectivity index is 2.21. The lowest BCUT2D eigenvalue weighted by Gasteiger charge is -2.11. The average molecular weight is 335 g/mol. The van der Waals surface area contributed by atoms with Gasteiger partial charge in [0.1, 0.15) is 6.07 Å². The summed E-state index contributed by atoms with van der Waals surface area (Å²) >= 11 is 3.35. The second-order valence-corrected chi connectivity index (χ2v) is 5.00. The monoisotopic (exact) mass is 334 g/mol. The smallest absolute Gasteiger partial charge is 0.170 e. The van der Waals surface area contributed by atoms with Crippen molar-refractivity contribution in [2.75, 3.05) is 12.4 Å². The lowest BCUT2D eigenvalue weighted by Crippen LogP contribution is -2.04. The van der Waals surface area contributed by atoms with Gasteiger partial charge >= 0.3 is 0 Å². The van der Waals surface area contributed by atoms with Crippen molar-refractivity contribution in [3.05, 3.63) is 57.8 Å². The van der Waals surface area contributed by atoms with E-state index in [1.54, 1.807) is 36.4 Å². The SMILES string of the molecule is COc1cccc(CNc2cc(Br)ccc2C#N)c1F. The van der Waals surface area contributed by atoms with Crippen molar-refractivity contribution in [1.29, 1.82) is 5.26 Å². The fourth-order valence-corrected chi connectivity index (χ4v) is 2.16. The van der Waals surface area contributed by atoms with E-state index >= 15 is 0 Å². The molecule has 0 bridgehead atoms. The molecule has 0 saturated carbocycles. The molecule has 0 spiro atoms. The molecule has 0 aliphatic rings. The van der Waals surface area contributed by atoms with Crippen molar-refractivity contribution in [2.45, 2.75) is 6.54 Å². The van der Waals surface area contributed by atoms with Gasteiger partial charge in [0.05, 0.1) is 18.4 Å². The number of hydrogen-bond donors (Lipinski definition) is 1. The van der Waals surface area contributed by atoms with E-state index in [9.17, 15) is 4.39 Å². The second-order valence-electron chi connectivity index (χ2n) is 4.09. The van der Waals surface area contributed by atoms with Crippen LogP contribution in [0.2, 0.25) is 0 Å². The first kappa shape index (κ1) is 14.4. The van der Waals surface area contributed by atoms with Crippen molar-refractivity contribution in [3.8, 4) is 11.8 Å². The Hall–Kier alpha value is -2.06. The first-order chi connectivity index (χ1) is 9.65. The molecule has 2 aromatic carbocycles. The van der Waals surface area contributed by atoms with Crippen molar-refractivity contribution in [2.24, 2.45) is 0 Å². The van der Waals surface area contributed by atoms with E-state index in [0.29, 0.717) is 16.8 Å². The van der Waals surface area contributed by atoms with Gasteiger partial charge in [-0.05, 0) is 24.3 Å². The van der Waals surface area contributed by atoms with Crippen molar-refractivity contribution < 1.29 is 9.13 Å². The summed E-state index contributed by atoms with van der Waals surface area (Å²) < 4.78 is 19.8. The molecule has 0 unspecified atom stereocenters. The zero-order valence-electron chi connectivity index (χ0n) is 10.8. The van der Waals surface area contributed by atoms with Crippen LogP contribution in [0, 0.1) is 17.1 Å². The molecule has 2 rings (SSSR count). The van der Waals surface area contributed by atoms with Gasteiger partial charge in [0.2, 0.25) is 0 Å². The summed E-state index contributed by atoms with van der Waals surface area (Å²) in [6.45, 7) is 0.272. The van der Waals surface area contributed by atoms with Crippen LogP contribution in [0.4, 0.5) is 10.1 Å². The van der Waals surface area contributed by atoms with Gasteiger partial charge < -0.3 is 10.1 Å². The second kappa shape index (κ2) is 6.40. The molecule has 1 N–H and O–H groups in total. The van der Waals surface area contributed by atoms with E-state index in [4.69, 9.17) is 10.00 Å². The largest absolute Gasteiger partial charge is 0.494 e. The minimum atomic E-state index is -0.393. The van der Waals surface area contributed by atoms with Crippen LogP contribution in [0.15, 0.2) is 40.9 Å². The van der Waals surface area contributed by atoms with Gasteiger partial charge in [0.25, 0.3) is 0 Å². The van der Waals surface area contributed by atoms with Crippen molar-refractivity contribution in [3.63, 3.8) is 0 Å². The molecule has 0 aliphatic heterocycles. The first-order valence-electron chi connectivity index (χ1n) is 5.90. The zero-order chi connectivity index (χ0) is 14.5. The van der Waals surface area contributed by atoms with Gasteiger partial charge in [0, 0.05) is 16.6 Å². The highest BCUT2D eigenvalue weighted by Crippen LogP contribution is 2.24. The Labute approximate surface area is 125 Å². The number of rotatable bonds is 4. The molecule has 0 aromatic heterocycles. The van der Waals surface area contributed by atoms with Crippen LogP contribution >= 0.6 is 15.9 Å². The van der Waals surface area contributed by atoms with E-state index in [1.807, 2.05) is 0 Å². The Morgan fingerprint density at radius 3 is 2.85 bits per heavy atom. The van der Waals surface area contributed by atoms with Crippen LogP contribution in [0.3, 0.4) is 0 Å². The number of nitrogens with zero attached hydrogens (tertiary/aromatic N) is 1. The number of nitrogens with one attached hydrogen (secondary N) is 1. The number of hydrogen-bond acceptors (Lipinski definition) is 3. The number of ether oxygens (including phenoxy) is 1. The molecule has 5 heteroatoms. The molecule has 0 saturated heterocycles. The lowest BCUT2D eigenvalue weighted by molar-refractivity contribution is 0.384. The highest BCUT2D eigenvalue weighted by Gasteiger charge is 2.09. The molecule has 20 heavy (non-hydrogen) atoms. The Morgan fingerprint density at radius 2 is 2.15 bits per heavy atom. The fraction of sp³-hybridized carbons (Fsp3) is 0.133. The van der Waals surface area contributed by atoms with Gasteiger partial charge in [-0.2, -0.15) is 5.26 Å². The quantitative estimate of drug-likeness (QED) is 0.916. The number of anilines is 1. The van der Waals surface area contributed by atoms with Crippen LogP contribution < -0.4 is 10.1 Å². The van der Waals surface area contributed by atoms with E-state index < -0.39 is 5.82 Å². The molecule has 0 atom stereocenters. The maximum Gasteiger partial charge on any atom is 0.170 e. The highest BCUT2D eigenvalue weighted by molar-refractivity contribution is 9.10. The molecule has 2 aromatic rings. The predicted octanol–water partition coefficient (Wildman–Crippen LogP) is 4.08. The lowest BCUT2D eigenvalue weighted by atomic mass is 10.1. The molecular formula is C15H12BrFN2O. The van der Waals surface area contributed by atoms with Gasteiger partial charge in [-0.3, -0.25) is 0 Å². The third-order valence-electron chi connectivity index (χ3n) is 2.83. The summed E-state index contributed by atoms with van der Waals surface area (Å²) in [6, 6.07) is 12.3. The number of benzene rings is 2. The van der Waals surface area contributed by atoms with E-state index in [-0.39, 0.29) is 12.3 Å². The maximum atomic E-state index is 14.0. The third kappa shape index (κ3) is 3.09. The van der Waals surface area contributed by atoms with Crippen molar-refractivity contribution in [1.82, 2.24) is 0 Å². The topological polar surface area (TPSA) is 45.0 Å². The van der Waals surface area contributed by atoms with Crippen LogP contribution in [0.25, 0.3) is 0 Å². The van der Waals surface area contributed by atoms with Gasteiger partial charge in [0.15, 0.2) is 11.6 Å². The molecule has 0 aliphatic carbocycles. The molecular weight excluding hydrogens is 323 g/mol. The van der Waals surface area contributed by atoms with Crippen LogP contribution in [0.1, 0.15) is 11.1 Å². The first-order valence-corrected chi connectivity index (χ1v) is 6.70. The normalized spacial score (nSPS) is 9.90. The summed E-state index contributed by atoms with van der Waals surface area (Å²) in [4.78, 5) is 0. The molecule has 102 valence electrons. The van der Waals surface area contributed by atoms with Gasteiger partial charge in [-0.1, -0.05) is 28.1 Å². The third-order valence-corrected chi connectivity index (χ3v) is 3.33. The van der Waals surface area contributed by atoms with Crippen LogP contribution in [0.5, 0.6) is 5.75 Å². The number of halogens is 2. The molecule has 3 nitrogen and oxygen atoms in total. The Bertz CT molecular complexity index is 667. The Morgan fingerprint density at radius 1 is 1.35 bits per heavy atom.